The highest BCUT2D eigenvalue weighted by Crippen LogP contribution is 2.45. The number of aromatic nitrogens is 1. The van der Waals surface area contributed by atoms with E-state index in [4.69, 9.17) is 12.2 Å². The van der Waals surface area contributed by atoms with Crippen molar-refractivity contribution in [2.24, 2.45) is 5.92 Å². The van der Waals surface area contributed by atoms with Crippen LogP contribution in [0.2, 0.25) is 0 Å². The molecule has 0 aliphatic carbocycles. The van der Waals surface area contributed by atoms with Crippen LogP contribution in [0, 0.1) is 27.0 Å². The van der Waals surface area contributed by atoms with Crippen molar-refractivity contribution >= 4 is 35.3 Å². The third-order valence-electron chi connectivity index (χ3n) is 4.36. The molecule has 1 aromatic heterocycles. The van der Waals surface area contributed by atoms with Crippen molar-refractivity contribution in [3.05, 3.63) is 74.8 Å². The second kappa shape index (κ2) is 6.48. The first kappa shape index (κ1) is 16.6. The molecule has 1 N–H and O–H groups in total. The predicted molar refractivity (Wildman–Crippen MR) is 100 cm³/mol. The first-order chi connectivity index (χ1) is 12.6. The van der Waals surface area contributed by atoms with Crippen molar-refractivity contribution in [1.29, 1.82) is 5.26 Å². The average molecular weight is 381 g/mol. The summed E-state index contributed by atoms with van der Waals surface area (Å²) in [4.78, 5) is 13.4. The smallest absolute Gasteiger partial charge is 0.243 e. The van der Waals surface area contributed by atoms with Crippen molar-refractivity contribution in [2.45, 2.75) is 5.92 Å². The van der Waals surface area contributed by atoms with Gasteiger partial charge in [0.1, 0.15) is 17.6 Å². The second-order valence-corrected chi connectivity index (χ2v) is 7.55. The maximum absolute atomic E-state index is 13.3. The van der Waals surface area contributed by atoms with Gasteiger partial charge < -0.3 is 5.32 Å². The summed E-state index contributed by atoms with van der Waals surface area (Å²) in [6, 6.07) is 17.5. The standard InChI is InChI=1S/C19H12FN3OS2/c20-12-8-6-11(7-9-12)15-14(10-21)18(24)22-17-16(15)26-19(25)23(17)13-4-2-1-3-5-13/h1-9,14-15H,(H,22,24). The lowest BCUT2D eigenvalue weighted by molar-refractivity contribution is -0.119. The van der Waals surface area contributed by atoms with Crippen LogP contribution < -0.4 is 5.32 Å². The number of carbonyl (C=O) groups excluding carboxylic acids is 1. The number of halogens is 1. The summed E-state index contributed by atoms with van der Waals surface area (Å²) < 4.78 is 15.7. The maximum Gasteiger partial charge on any atom is 0.243 e. The van der Waals surface area contributed by atoms with Crippen LogP contribution in [-0.4, -0.2) is 10.5 Å². The number of nitrogens with zero attached hydrogens (tertiary/aromatic N) is 2. The summed E-state index contributed by atoms with van der Waals surface area (Å²) in [6.45, 7) is 0. The minimum atomic E-state index is -0.898. The number of carbonyl (C=O) groups is 1. The molecule has 0 bridgehead atoms. The monoisotopic (exact) mass is 381 g/mol. The molecule has 3 aromatic rings. The van der Waals surface area contributed by atoms with Gasteiger partial charge in [0.2, 0.25) is 5.91 Å². The quantitative estimate of drug-likeness (QED) is 0.659. The Balaban J connectivity index is 1.95. The molecule has 0 fully saturated rings. The van der Waals surface area contributed by atoms with Gasteiger partial charge in [0.15, 0.2) is 3.95 Å². The maximum atomic E-state index is 13.3. The second-order valence-electron chi connectivity index (χ2n) is 5.88. The fourth-order valence-electron chi connectivity index (χ4n) is 3.17. The van der Waals surface area contributed by atoms with E-state index in [0.717, 1.165) is 10.6 Å². The van der Waals surface area contributed by atoms with Crippen LogP contribution in [0.1, 0.15) is 16.4 Å². The van der Waals surface area contributed by atoms with Gasteiger partial charge >= 0.3 is 0 Å². The molecule has 1 amide bonds. The number of rotatable bonds is 2. The molecule has 0 spiro atoms. The lowest BCUT2D eigenvalue weighted by Crippen LogP contribution is -2.33. The Hall–Kier alpha value is -2.82. The van der Waals surface area contributed by atoms with Crippen LogP contribution >= 0.6 is 23.6 Å². The number of hydrogen-bond donors (Lipinski definition) is 1. The van der Waals surface area contributed by atoms with Gasteiger partial charge in [0.05, 0.1) is 10.9 Å². The molecule has 2 unspecified atom stereocenters. The number of hydrogen-bond acceptors (Lipinski definition) is 4. The molecular formula is C19H12FN3OS2. The molecule has 2 heterocycles. The third kappa shape index (κ3) is 2.64. The lowest BCUT2D eigenvalue weighted by Gasteiger charge is -2.27. The van der Waals surface area contributed by atoms with Gasteiger partial charge in [0.25, 0.3) is 0 Å². The van der Waals surface area contributed by atoms with Crippen molar-refractivity contribution in [3.8, 4) is 11.8 Å². The number of benzene rings is 2. The van der Waals surface area contributed by atoms with E-state index in [9.17, 15) is 14.4 Å². The zero-order valence-electron chi connectivity index (χ0n) is 13.3. The highest BCUT2D eigenvalue weighted by Gasteiger charge is 2.40. The Morgan fingerprint density at radius 2 is 1.85 bits per heavy atom. The van der Waals surface area contributed by atoms with Gasteiger partial charge in [-0.2, -0.15) is 5.26 Å². The van der Waals surface area contributed by atoms with Gasteiger partial charge in [-0.25, -0.2) is 4.39 Å². The largest absolute Gasteiger partial charge is 0.310 e. The molecule has 26 heavy (non-hydrogen) atoms. The minimum absolute atomic E-state index is 0.364. The highest BCUT2D eigenvalue weighted by atomic mass is 32.1. The topological polar surface area (TPSA) is 57.8 Å². The number of nitrogens with one attached hydrogen (secondary N) is 1. The van der Waals surface area contributed by atoms with E-state index < -0.39 is 11.8 Å². The molecule has 4 nitrogen and oxygen atoms in total. The summed E-state index contributed by atoms with van der Waals surface area (Å²) in [6.07, 6.45) is 0. The molecule has 1 aliphatic heterocycles. The number of nitriles is 1. The minimum Gasteiger partial charge on any atom is -0.310 e. The van der Waals surface area contributed by atoms with E-state index >= 15 is 0 Å². The van der Waals surface area contributed by atoms with Crippen LogP contribution in [-0.2, 0) is 4.79 Å². The van der Waals surface area contributed by atoms with Gasteiger partial charge in [0, 0.05) is 11.6 Å². The van der Waals surface area contributed by atoms with Crippen molar-refractivity contribution in [3.63, 3.8) is 0 Å². The first-order valence-corrected chi connectivity index (χ1v) is 9.09. The summed E-state index contributed by atoms with van der Waals surface area (Å²) in [5.41, 5.74) is 1.55. The Morgan fingerprint density at radius 3 is 2.50 bits per heavy atom. The molecule has 4 rings (SSSR count). The van der Waals surface area contributed by atoms with Crippen LogP contribution in [0.4, 0.5) is 10.2 Å². The van der Waals surface area contributed by atoms with E-state index in [0.29, 0.717) is 15.3 Å². The fraction of sp³-hybridized carbons (Fsp3) is 0.105. The molecule has 2 atom stereocenters. The Bertz CT molecular complexity index is 1080. The van der Waals surface area contributed by atoms with Gasteiger partial charge in [-0.15, -0.1) is 11.3 Å². The molecule has 128 valence electrons. The molecule has 0 saturated heterocycles. The normalized spacial score (nSPS) is 18.7. The van der Waals surface area contributed by atoms with Crippen LogP contribution in [0.15, 0.2) is 54.6 Å². The first-order valence-electron chi connectivity index (χ1n) is 7.87. The Morgan fingerprint density at radius 1 is 1.15 bits per heavy atom. The molecule has 7 heteroatoms. The van der Waals surface area contributed by atoms with E-state index in [1.54, 1.807) is 16.7 Å². The lowest BCUT2D eigenvalue weighted by atomic mass is 9.83. The summed E-state index contributed by atoms with van der Waals surface area (Å²) in [7, 11) is 0. The van der Waals surface area contributed by atoms with Gasteiger partial charge in [-0.05, 0) is 42.0 Å². The van der Waals surface area contributed by atoms with Gasteiger partial charge in [-0.3, -0.25) is 9.36 Å². The van der Waals surface area contributed by atoms with E-state index in [2.05, 4.69) is 11.4 Å². The average Bonchev–Trinajstić information content (AvgIpc) is 2.97. The number of para-hydroxylation sites is 1. The fourth-order valence-corrected chi connectivity index (χ4v) is 4.75. The molecule has 1 aliphatic rings. The summed E-state index contributed by atoms with van der Waals surface area (Å²) in [5.74, 6) is -1.55. The number of thiazole rings is 1. The van der Waals surface area contributed by atoms with Crippen LogP contribution in [0.25, 0.3) is 5.69 Å². The van der Waals surface area contributed by atoms with Gasteiger partial charge in [-0.1, -0.05) is 30.3 Å². The number of amides is 1. The predicted octanol–water partition coefficient (Wildman–Crippen LogP) is 4.63. The Labute approximate surface area is 158 Å². The summed E-state index contributed by atoms with van der Waals surface area (Å²) in [5, 5.41) is 12.4. The zero-order chi connectivity index (χ0) is 18.3. The van der Waals surface area contributed by atoms with Crippen molar-refractivity contribution in [1.82, 2.24) is 4.57 Å². The summed E-state index contributed by atoms with van der Waals surface area (Å²) >= 11 is 6.89. The Kier molecular flexibility index (Phi) is 4.15. The number of anilines is 1. The van der Waals surface area contributed by atoms with E-state index in [1.807, 2.05) is 30.3 Å². The molecule has 0 radical (unpaired) electrons. The molecule has 0 saturated carbocycles. The van der Waals surface area contributed by atoms with Crippen molar-refractivity contribution < 1.29 is 9.18 Å². The van der Waals surface area contributed by atoms with Crippen molar-refractivity contribution in [2.75, 3.05) is 5.32 Å². The van der Waals surface area contributed by atoms with E-state index in [-0.39, 0.29) is 11.7 Å². The van der Waals surface area contributed by atoms with E-state index in [1.165, 1.54) is 23.5 Å². The molecular weight excluding hydrogens is 369 g/mol. The highest BCUT2D eigenvalue weighted by molar-refractivity contribution is 7.73. The number of fused-ring (bicyclic) bond motifs is 1. The third-order valence-corrected chi connectivity index (χ3v) is 5.82. The SMILES string of the molecule is N#CC1C(=O)Nc2c(sc(=S)n2-c2ccccc2)C1c1ccc(F)cc1. The van der Waals surface area contributed by atoms with Crippen LogP contribution in [0.5, 0.6) is 0 Å². The molecule has 2 aromatic carbocycles. The zero-order valence-corrected chi connectivity index (χ0v) is 15.0. The van der Waals surface area contributed by atoms with Crippen LogP contribution in [0.3, 0.4) is 0 Å².